The Kier molecular flexibility index (Phi) is 6.86. The molecule has 2 nitrogen and oxygen atoms in total. The van der Waals surface area contributed by atoms with Gasteiger partial charge in [-0.25, -0.2) is 0 Å². The molecular weight excluding hydrogens is 254 g/mol. The van der Waals surface area contributed by atoms with Crippen LogP contribution in [0.25, 0.3) is 0 Å². The zero-order valence-electron chi connectivity index (χ0n) is 10.0. The molecule has 1 fully saturated rings. The van der Waals surface area contributed by atoms with Crippen molar-refractivity contribution in [2.75, 3.05) is 38.7 Å². The van der Waals surface area contributed by atoms with Gasteiger partial charge in [0.15, 0.2) is 0 Å². The van der Waals surface area contributed by atoms with Crippen LogP contribution in [-0.4, -0.2) is 43.6 Å². The summed E-state index contributed by atoms with van der Waals surface area (Å²) in [6.07, 6.45) is 3.76. The lowest BCUT2D eigenvalue weighted by molar-refractivity contribution is 0.0543. The van der Waals surface area contributed by atoms with Crippen molar-refractivity contribution in [1.82, 2.24) is 4.90 Å². The van der Waals surface area contributed by atoms with Crippen LogP contribution in [0.2, 0.25) is 0 Å². The highest BCUT2D eigenvalue weighted by molar-refractivity contribution is 9.09. The lowest BCUT2D eigenvalue weighted by Gasteiger charge is -2.28. The lowest BCUT2D eigenvalue weighted by Crippen LogP contribution is -2.33. The maximum absolute atomic E-state index is 5.38. The van der Waals surface area contributed by atoms with Crippen molar-refractivity contribution in [3.05, 3.63) is 0 Å². The van der Waals surface area contributed by atoms with Gasteiger partial charge in [-0.2, -0.15) is 0 Å². The molecule has 0 amide bonds. The van der Waals surface area contributed by atoms with E-state index in [1.165, 1.54) is 32.4 Å². The molecule has 1 heterocycles. The minimum atomic E-state index is 0.801. The van der Waals surface area contributed by atoms with E-state index in [0.717, 1.165) is 30.4 Å². The first-order valence-corrected chi connectivity index (χ1v) is 7.20. The van der Waals surface area contributed by atoms with Crippen LogP contribution in [0.5, 0.6) is 0 Å². The predicted octanol–water partition coefficient (Wildman–Crippen LogP) is 2.77. The van der Waals surface area contributed by atoms with Gasteiger partial charge in [0.25, 0.3) is 0 Å². The van der Waals surface area contributed by atoms with Crippen LogP contribution < -0.4 is 0 Å². The molecule has 0 aromatic rings. The molecule has 0 aromatic carbocycles. The number of ether oxygens (including phenoxy) is 1. The van der Waals surface area contributed by atoms with Gasteiger partial charge in [0.2, 0.25) is 0 Å². The summed E-state index contributed by atoms with van der Waals surface area (Å²) in [7, 11) is 2.25. The Hall–Kier alpha value is 0.400. The first-order chi connectivity index (χ1) is 7.26. The second-order valence-corrected chi connectivity index (χ2v) is 5.35. The molecule has 1 rings (SSSR count). The molecule has 1 atom stereocenters. The predicted molar refractivity (Wildman–Crippen MR) is 68.6 cm³/mol. The molecule has 1 saturated heterocycles. The van der Waals surface area contributed by atoms with Gasteiger partial charge in [0.1, 0.15) is 0 Å². The largest absolute Gasteiger partial charge is 0.381 e. The van der Waals surface area contributed by atoms with Crippen molar-refractivity contribution in [2.24, 2.45) is 11.8 Å². The third-order valence-electron chi connectivity index (χ3n) is 3.28. The van der Waals surface area contributed by atoms with E-state index in [1.807, 2.05) is 0 Å². The smallest absolute Gasteiger partial charge is 0.0469 e. The summed E-state index contributed by atoms with van der Waals surface area (Å²) < 4.78 is 5.38. The second-order valence-electron chi connectivity index (χ2n) is 4.71. The van der Waals surface area contributed by atoms with E-state index in [-0.39, 0.29) is 0 Å². The Balaban J connectivity index is 2.18. The van der Waals surface area contributed by atoms with E-state index in [9.17, 15) is 0 Å². The van der Waals surface area contributed by atoms with Crippen LogP contribution in [0, 0.1) is 11.8 Å². The van der Waals surface area contributed by atoms with Crippen LogP contribution in [-0.2, 0) is 4.74 Å². The Morgan fingerprint density at radius 1 is 1.40 bits per heavy atom. The quantitative estimate of drug-likeness (QED) is 0.693. The molecule has 1 aliphatic rings. The van der Waals surface area contributed by atoms with E-state index in [2.05, 4.69) is 34.8 Å². The number of rotatable bonds is 6. The third-order valence-corrected chi connectivity index (χ3v) is 4.19. The van der Waals surface area contributed by atoms with Crippen LogP contribution in [0.4, 0.5) is 0 Å². The van der Waals surface area contributed by atoms with Gasteiger partial charge in [-0.15, -0.1) is 0 Å². The Labute approximate surface area is 102 Å². The van der Waals surface area contributed by atoms with Crippen LogP contribution in [0.15, 0.2) is 0 Å². The molecule has 1 aliphatic heterocycles. The molecule has 0 aromatic heterocycles. The molecule has 0 bridgehead atoms. The summed E-state index contributed by atoms with van der Waals surface area (Å²) in [5, 5.41) is 1.13. The van der Waals surface area contributed by atoms with Gasteiger partial charge in [0.05, 0.1) is 0 Å². The fourth-order valence-corrected chi connectivity index (χ4v) is 2.83. The van der Waals surface area contributed by atoms with E-state index >= 15 is 0 Å². The van der Waals surface area contributed by atoms with Crippen LogP contribution >= 0.6 is 15.9 Å². The number of alkyl halides is 1. The van der Waals surface area contributed by atoms with Gasteiger partial charge >= 0.3 is 0 Å². The van der Waals surface area contributed by atoms with Crippen molar-refractivity contribution < 1.29 is 4.74 Å². The average molecular weight is 278 g/mol. The topological polar surface area (TPSA) is 12.5 Å². The number of nitrogens with zero attached hydrogens (tertiary/aromatic N) is 1. The molecule has 0 radical (unpaired) electrons. The zero-order chi connectivity index (χ0) is 11.1. The lowest BCUT2D eigenvalue weighted by atomic mass is 9.99. The van der Waals surface area contributed by atoms with E-state index in [0.29, 0.717) is 0 Å². The zero-order valence-corrected chi connectivity index (χ0v) is 11.6. The average Bonchev–Trinajstić information content (AvgIpc) is 2.27. The molecule has 0 N–H and O–H groups in total. The Morgan fingerprint density at radius 3 is 2.60 bits per heavy atom. The third kappa shape index (κ3) is 5.32. The monoisotopic (exact) mass is 277 g/mol. The van der Waals surface area contributed by atoms with Crippen LogP contribution in [0.1, 0.15) is 26.2 Å². The minimum absolute atomic E-state index is 0.801. The standard InChI is InChI=1S/C12H24BrNO/c1-3-11(8-13)9-14(2)10-12-4-6-15-7-5-12/h11-12H,3-10H2,1-2H3. The molecule has 1 unspecified atom stereocenters. The molecule has 0 aliphatic carbocycles. The van der Waals surface area contributed by atoms with Gasteiger partial charge in [-0.1, -0.05) is 29.3 Å². The van der Waals surface area contributed by atoms with E-state index in [4.69, 9.17) is 4.74 Å². The van der Waals surface area contributed by atoms with Crippen LogP contribution in [0.3, 0.4) is 0 Å². The number of halogens is 1. The summed E-state index contributed by atoms with van der Waals surface area (Å²) in [6, 6.07) is 0. The van der Waals surface area contributed by atoms with E-state index < -0.39 is 0 Å². The van der Waals surface area contributed by atoms with Crippen molar-refractivity contribution in [3.8, 4) is 0 Å². The molecule has 0 saturated carbocycles. The summed E-state index contributed by atoms with van der Waals surface area (Å²) in [5.41, 5.74) is 0. The number of hydrogen-bond donors (Lipinski definition) is 0. The maximum Gasteiger partial charge on any atom is 0.0469 e. The molecular formula is C12H24BrNO. The fourth-order valence-electron chi connectivity index (χ4n) is 2.17. The summed E-state index contributed by atoms with van der Waals surface area (Å²) >= 11 is 3.58. The normalized spacial score (nSPS) is 20.8. The van der Waals surface area contributed by atoms with Gasteiger partial charge in [0, 0.05) is 31.6 Å². The van der Waals surface area contributed by atoms with Crippen molar-refractivity contribution in [1.29, 1.82) is 0 Å². The highest BCUT2D eigenvalue weighted by atomic mass is 79.9. The Bertz CT molecular complexity index is 156. The Morgan fingerprint density at radius 2 is 2.07 bits per heavy atom. The minimum Gasteiger partial charge on any atom is -0.381 e. The molecule has 90 valence electrons. The van der Waals surface area contributed by atoms with Crippen molar-refractivity contribution >= 4 is 15.9 Å². The fraction of sp³-hybridized carbons (Fsp3) is 1.00. The highest BCUT2D eigenvalue weighted by Crippen LogP contribution is 2.17. The second kappa shape index (κ2) is 7.64. The van der Waals surface area contributed by atoms with Gasteiger partial charge in [-0.05, 0) is 31.7 Å². The van der Waals surface area contributed by atoms with Gasteiger partial charge in [-0.3, -0.25) is 0 Å². The van der Waals surface area contributed by atoms with Crippen molar-refractivity contribution in [3.63, 3.8) is 0 Å². The van der Waals surface area contributed by atoms with Gasteiger partial charge < -0.3 is 9.64 Å². The highest BCUT2D eigenvalue weighted by Gasteiger charge is 2.17. The maximum atomic E-state index is 5.38. The number of hydrogen-bond acceptors (Lipinski definition) is 2. The molecule has 15 heavy (non-hydrogen) atoms. The molecule has 0 spiro atoms. The summed E-state index contributed by atoms with van der Waals surface area (Å²) in [6.45, 7) is 6.67. The summed E-state index contributed by atoms with van der Waals surface area (Å²) in [5.74, 6) is 1.66. The first-order valence-electron chi connectivity index (χ1n) is 6.08. The van der Waals surface area contributed by atoms with E-state index in [1.54, 1.807) is 0 Å². The first kappa shape index (κ1) is 13.5. The van der Waals surface area contributed by atoms with Crippen molar-refractivity contribution in [2.45, 2.75) is 26.2 Å². The SMILES string of the molecule is CCC(CBr)CN(C)CC1CCOCC1. The summed E-state index contributed by atoms with van der Waals surface area (Å²) in [4.78, 5) is 2.49. The molecule has 3 heteroatoms.